The van der Waals surface area contributed by atoms with Gasteiger partial charge in [-0.3, -0.25) is 0 Å². The molecule has 0 N–H and O–H groups in total. The first-order chi connectivity index (χ1) is 7.24. The molecule has 0 unspecified atom stereocenters. The summed E-state index contributed by atoms with van der Waals surface area (Å²) in [7, 11) is 0. The van der Waals surface area contributed by atoms with E-state index in [-0.39, 0.29) is 45.9 Å². The number of hydrogen-bond acceptors (Lipinski definition) is 1. The van der Waals surface area contributed by atoms with Crippen LogP contribution in [0.1, 0.15) is 25.3 Å². The summed E-state index contributed by atoms with van der Waals surface area (Å²) < 4.78 is 12.9. The first kappa shape index (κ1) is 17.4. The van der Waals surface area contributed by atoms with Crippen molar-refractivity contribution in [3.8, 4) is 0 Å². The maximum absolute atomic E-state index is 12.9. The standard InChI is InChI=1S/C13H17FN.BrH.Mg/c1-11-5-7-15(8-6-11)10-12-3-2-4-13(14)9-12;;/h2,4,9,11H,5-8,10H2,1H3;1H;/q-1;;+2/p-1. The molecule has 0 spiro atoms. The number of nitrogens with zero attached hydrogens (tertiary/aromatic N) is 1. The van der Waals surface area contributed by atoms with Crippen LogP contribution in [0.4, 0.5) is 4.39 Å². The van der Waals surface area contributed by atoms with E-state index in [9.17, 15) is 4.39 Å². The Morgan fingerprint density at radius 2 is 2.06 bits per heavy atom. The van der Waals surface area contributed by atoms with E-state index in [1.807, 2.05) is 0 Å². The van der Waals surface area contributed by atoms with Crippen molar-refractivity contribution in [1.82, 2.24) is 4.90 Å². The fraction of sp³-hybridized carbons (Fsp3) is 0.538. The van der Waals surface area contributed by atoms with Gasteiger partial charge < -0.3 is 21.9 Å². The topological polar surface area (TPSA) is 3.24 Å². The number of benzene rings is 1. The Hall–Kier alpha value is 0.356. The van der Waals surface area contributed by atoms with Gasteiger partial charge in [0, 0.05) is 12.4 Å². The van der Waals surface area contributed by atoms with Crippen molar-refractivity contribution >= 4 is 23.1 Å². The van der Waals surface area contributed by atoms with Crippen molar-refractivity contribution in [3.63, 3.8) is 0 Å². The average Bonchev–Trinajstić information content (AvgIpc) is 2.22. The van der Waals surface area contributed by atoms with E-state index in [0.29, 0.717) is 0 Å². The molecule has 1 fully saturated rings. The summed E-state index contributed by atoms with van der Waals surface area (Å²) in [6.45, 7) is 5.40. The van der Waals surface area contributed by atoms with Crippen molar-refractivity contribution in [3.05, 3.63) is 35.6 Å². The van der Waals surface area contributed by atoms with Crippen LogP contribution in [0.2, 0.25) is 0 Å². The zero-order valence-corrected chi connectivity index (χ0v) is 13.3. The molecule has 90 valence electrons. The third-order valence-electron chi connectivity index (χ3n) is 3.09. The van der Waals surface area contributed by atoms with Crippen LogP contribution in [0.5, 0.6) is 0 Å². The van der Waals surface area contributed by atoms with Gasteiger partial charge in [0.15, 0.2) is 0 Å². The molecule has 0 bridgehead atoms. The molecule has 1 aliphatic rings. The summed E-state index contributed by atoms with van der Waals surface area (Å²) in [5, 5.41) is 0. The molecule has 1 aromatic carbocycles. The zero-order chi connectivity index (χ0) is 10.7. The minimum Gasteiger partial charge on any atom is -1.00 e. The second-order valence-electron chi connectivity index (χ2n) is 4.49. The Morgan fingerprint density at radius 1 is 1.41 bits per heavy atom. The second-order valence-corrected chi connectivity index (χ2v) is 4.49. The second kappa shape index (κ2) is 8.46. The third-order valence-corrected chi connectivity index (χ3v) is 3.09. The molecule has 17 heavy (non-hydrogen) atoms. The molecule has 0 saturated carbocycles. The molecular weight excluding hydrogens is 293 g/mol. The summed E-state index contributed by atoms with van der Waals surface area (Å²) in [6, 6.07) is 7.78. The number of piperidine rings is 1. The van der Waals surface area contributed by atoms with Crippen LogP contribution in [0.15, 0.2) is 18.2 Å². The summed E-state index contributed by atoms with van der Waals surface area (Å²) in [5.74, 6) is 0.687. The van der Waals surface area contributed by atoms with Gasteiger partial charge in [-0.1, -0.05) is 6.92 Å². The SMILES string of the molecule is CC1CCN(Cc2[c-]ccc(F)c2)CC1.[Br-].[Mg+2]. The Morgan fingerprint density at radius 3 is 2.65 bits per heavy atom. The molecule has 0 aliphatic carbocycles. The van der Waals surface area contributed by atoms with Crippen molar-refractivity contribution in [2.75, 3.05) is 13.1 Å². The fourth-order valence-corrected chi connectivity index (χ4v) is 2.04. The maximum Gasteiger partial charge on any atom is 2.00 e. The Balaban J connectivity index is 0.00000128. The molecule has 0 radical (unpaired) electrons. The molecule has 1 heterocycles. The maximum atomic E-state index is 12.9. The first-order valence-electron chi connectivity index (χ1n) is 5.62. The van der Waals surface area contributed by atoms with Crippen LogP contribution < -0.4 is 17.0 Å². The Labute approximate surface area is 130 Å². The third kappa shape index (κ3) is 5.68. The fourth-order valence-electron chi connectivity index (χ4n) is 2.04. The number of likely N-dealkylation sites (tertiary alicyclic amines) is 1. The molecule has 1 saturated heterocycles. The summed E-state index contributed by atoms with van der Waals surface area (Å²) in [6.07, 6.45) is 2.52. The largest absolute Gasteiger partial charge is 2.00 e. The van der Waals surface area contributed by atoms with Gasteiger partial charge in [0.05, 0.1) is 0 Å². The van der Waals surface area contributed by atoms with Crippen LogP contribution in [0.3, 0.4) is 0 Å². The predicted molar refractivity (Wildman–Crippen MR) is 64.7 cm³/mol. The molecule has 4 heteroatoms. The van der Waals surface area contributed by atoms with E-state index in [0.717, 1.165) is 31.1 Å². The quantitative estimate of drug-likeness (QED) is 0.525. The van der Waals surface area contributed by atoms with Gasteiger partial charge in [-0.05, 0) is 31.8 Å². The van der Waals surface area contributed by atoms with Crippen molar-refractivity contribution in [2.24, 2.45) is 5.92 Å². The zero-order valence-electron chi connectivity index (χ0n) is 10.3. The van der Waals surface area contributed by atoms with Crippen molar-refractivity contribution in [1.29, 1.82) is 0 Å². The molecule has 2 rings (SSSR count). The van der Waals surface area contributed by atoms with Crippen LogP contribution in [-0.2, 0) is 6.54 Å². The van der Waals surface area contributed by atoms with Gasteiger partial charge in [-0.15, -0.1) is 17.7 Å². The van der Waals surface area contributed by atoms with Crippen molar-refractivity contribution in [2.45, 2.75) is 26.3 Å². The smallest absolute Gasteiger partial charge is 1.00 e. The molecular formula is C13H17BrFMgN. The molecule has 1 aromatic rings. The number of rotatable bonds is 2. The van der Waals surface area contributed by atoms with Gasteiger partial charge in [0.2, 0.25) is 0 Å². The normalized spacial score (nSPS) is 17.1. The average molecular weight is 310 g/mol. The molecule has 1 nitrogen and oxygen atoms in total. The van der Waals surface area contributed by atoms with E-state index in [4.69, 9.17) is 0 Å². The van der Waals surface area contributed by atoms with Gasteiger partial charge in [0.25, 0.3) is 0 Å². The van der Waals surface area contributed by atoms with Crippen molar-refractivity contribution < 1.29 is 21.4 Å². The van der Waals surface area contributed by atoms with Gasteiger partial charge in [0.1, 0.15) is 0 Å². The Bertz CT molecular complexity index is 327. The number of halogens is 2. The minimum atomic E-state index is -0.158. The molecule has 0 amide bonds. The van der Waals surface area contributed by atoms with Gasteiger partial charge in [-0.25, -0.2) is 4.39 Å². The van der Waals surface area contributed by atoms with Crippen LogP contribution >= 0.6 is 0 Å². The van der Waals surface area contributed by atoms with Crippen LogP contribution in [0, 0.1) is 17.8 Å². The molecule has 1 aliphatic heterocycles. The van der Waals surface area contributed by atoms with E-state index in [1.54, 1.807) is 12.1 Å². The predicted octanol–water partition coefficient (Wildman–Crippen LogP) is -0.519. The minimum absolute atomic E-state index is 0. The van der Waals surface area contributed by atoms with Crippen LogP contribution in [0.25, 0.3) is 0 Å². The van der Waals surface area contributed by atoms with Gasteiger partial charge in [-0.2, -0.15) is 12.1 Å². The summed E-state index contributed by atoms with van der Waals surface area (Å²) in [4.78, 5) is 2.38. The van der Waals surface area contributed by atoms with E-state index in [1.165, 1.54) is 18.9 Å². The first-order valence-corrected chi connectivity index (χ1v) is 5.62. The number of hydrogen-bond donors (Lipinski definition) is 0. The summed E-state index contributed by atoms with van der Waals surface area (Å²) in [5.41, 5.74) is 0.963. The van der Waals surface area contributed by atoms with Crippen LogP contribution in [-0.4, -0.2) is 41.0 Å². The van der Waals surface area contributed by atoms with E-state index < -0.39 is 0 Å². The van der Waals surface area contributed by atoms with Gasteiger partial charge >= 0.3 is 23.1 Å². The monoisotopic (exact) mass is 309 g/mol. The van der Waals surface area contributed by atoms with E-state index >= 15 is 0 Å². The molecule has 0 atom stereocenters. The summed E-state index contributed by atoms with van der Waals surface area (Å²) >= 11 is 0. The Kier molecular flexibility index (Phi) is 8.63. The van der Waals surface area contributed by atoms with E-state index in [2.05, 4.69) is 17.9 Å². The molecule has 0 aromatic heterocycles.